The fraction of sp³-hybridized carbons (Fsp3) is 0.459. The van der Waals surface area contributed by atoms with Crippen molar-refractivity contribution in [3.8, 4) is 0 Å². The summed E-state index contributed by atoms with van der Waals surface area (Å²) in [7, 11) is 0. The molecule has 2 aromatic carbocycles. The van der Waals surface area contributed by atoms with E-state index in [9.17, 15) is 24.3 Å². The Hall–Kier alpha value is -3.80. The van der Waals surface area contributed by atoms with Crippen molar-refractivity contribution in [1.29, 1.82) is 0 Å². The Morgan fingerprint density at radius 2 is 1.67 bits per heavy atom. The van der Waals surface area contributed by atoms with Gasteiger partial charge in [0.05, 0.1) is 24.6 Å². The molecule has 2 N–H and O–H groups in total. The van der Waals surface area contributed by atoms with E-state index in [1.54, 1.807) is 17.9 Å². The van der Waals surface area contributed by atoms with Crippen molar-refractivity contribution in [2.45, 2.75) is 82.0 Å². The van der Waals surface area contributed by atoms with Gasteiger partial charge in [0, 0.05) is 23.5 Å². The van der Waals surface area contributed by atoms with Gasteiger partial charge in [-0.3, -0.25) is 19.2 Å². The highest BCUT2D eigenvalue weighted by Crippen LogP contribution is 2.59. The Bertz CT molecular complexity index is 1600. The molecule has 11 heteroatoms. The molecule has 2 aromatic rings. The van der Waals surface area contributed by atoms with Gasteiger partial charge >= 0.3 is 5.97 Å². The molecule has 2 fully saturated rings. The van der Waals surface area contributed by atoms with Crippen LogP contribution in [0.1, 0.15) is 50.8 Å². The fourth-order valence-electron chi connectivity index (χ4n) is 7.68. The summed E-state index contributed by atoms with van der Waals surface area (Å²) >= 11 is 3.60. The van der Waals surface area contributed by atoms with E-state index in [0.717, 1.165) is 5.56 Å². The third kappa shape index (κ3) is 6.12. The number of benzene rings is 2. The molecule has 4 aliphatic heterocycles. The zero-order valence-electron chi connectivity index (χ0n) is 27.3. The molecule has 8 atom stereocenters. The highest BCUT2D eigenvalue weighted by molar-refractivity contribution is 9.11. The number of esters is 1. The number of hydrogen-bond donors (Lipinski definition) is 2. The molecule has 254 valence electrons. The fourth-order valence-corrected chi connectivity index (χ4v) is 8.41. The first-order chi connectivity index (χ1) is 23.1. The molecule has 1 spiro atoms. The lowest BCUT2D eigenvalue weighted by Gasteiger charge is -2.40. The molecule has 0 radical (unpaired) electrons. The minimum Gasteiger partial charge on any atom is -0.455 e. The van der Waals surface area contributed by atoms with Gasteiger partial charge in [-0.2, -0.15) is 0 Å². The van der Waals surface area contributed by atoms with Crippen LogP contribution in [-0.2, 0) is 35.1 Å². The third-order valence-corrected chi connectivity index (χ3v) is 10.6. The van der Waals surface area contributed by atoms with Gasteiger partial charge in [-0.05, 0) is 50.8 Å². The van der Waals surface area contributed by atoms with Gasteiger partial charge in [0.1, 0.15) is 29.8 Å². The molecule has 4 heterocycles. The van der Waals surface area contributed by atoms with Crippen LogP contribution in [0.3, 0.4) is 0 Å². The van der Waals surface area contributed by atoms with Crippen molar-refractivity contribution in [2.75, 3.05) is 13.2 Å². The van der Waals surface area contributed by atoms with Crippen LogP contribution >= 0.6 is 15.9 Å². The molecule has 4 aliphatic rings. The number of hydrogen-bond acceptors (Lipinski definition) is 7. The van der Waals surface area contributed by atoms with E-state index in [1.807, 2.05) is 86.7 Å². The molecule has 6 rings (SSSR count). The minimum atomic E-state index is -1.47. The predicted molar refractivity (Wildman–Crippen MR) is 181 cm³/mol. The van der Waals surface area contributed by atoms with Crippen LogP contribution in [0.25, 0.3) is 0 Å². The van der Waals surface area contributed by atoms with Gasteiger partial charge in [-0.1, -0.05) is 88.7 Å². The number of ether oxygens (including phenoxy) is 2. The topological polar surface area (TPSA) is 125 Å². The van der Waals surface area contributed by atoms with Crippen LogP contribution < -0.4 is 5.32 Å². The van der Waals surface area contributed by atoms with Crippen molar-refractivity contribution in [3.63, 3.8) is 0 Å². The average Bonchev–Trinajstić information content (AvgIpc) is 3.67. The van der Waals surface area contributed by atoms with E-state index in [2.05, 4.69) is 21.2 Å². The van der Waals surface area contributed by atoms with E-state index in [4.69, 9.17) is 9.47 Å². The quantitative estimate of drug-likeness (QED) is 0.344. The Balaban J connectivity index is 1.47. The van der Waals surface area contributed by atoms with Gasteiger partial charge in [0.25, 0.3) is 0 Å². The molecule has 2 saturated heterocycles. The molecule has 10 nitrogen and oxygen atoms in total. The van der Waals surface area contributed by atoms with E-state index in [-0.39, 0.29) is 30.8 Å². The zero-order chi connectivity index (χ0) is 34.2. The summed E-state index contributed by atoms with van der Waals surface area (Å²) in [4.78, 5) is 60.1. The molecular weight excluding hydrogens is 678 g/mol. The van der Waals surface area contributed by atoms with Crippen LogP contribution in [0.4, 0.5) is 0 Å². The maximum atomic E-state index is 14.8. The molecule has 0 aliphatic carbocycles. The SMILES string of the molecule is CC(C)N1C/C=C\CCC(=O)N[C@H](C)[C@@H](c2ccccc2)OC(=O)[C@@H]2[C@H]3O[C@@]4(C=C3Br)[C@H](C1=O)N([C@@H](CO)Cc1ccccc1)C(=O)[C@@H]24. The molecule has 48 heavy (non-hydrogen) atoms. The van der Waals surface area contributed by atoms with Crippen molar-refractivity contribution in [2.24, 2.45) is 11.8 Å². The number of likely N-dealkylation sites (tertiary alicyclic amines) is 1. The number of halogens is 1. The molecule has 3 amide bonds. The lowest BCUT2D eigenvalue weighted by molar-refractivity contribution is -0.162. The van der Waals surface area contributed by atoms with E-state index in [1.165, 1.54) is 4.90 Å². The third-order valence-electron chi connectivity index (χ3n) is 9.92. The summed E-state index contributed by atoms with van der Waals surface area (Å²) in [6.45, 7) is 5.43. The number of nitrogens with zero attached hydrogens (tertiary/aromatic N) is 2. The van der Waals surface area contributed by atoms with Gasteiger partial charge in [0.2, 0.25) is 17.7 Å². The highest BCUT2D eigenvalue weighted by Gasteiger charge is 2.75. The van der Waals surface area contributed by atoms with Gasteiger partial charge in [0.15, 0.2) is 0 Å². The molecule has 0 saturated carbocycles. The first-order valence-corrected chi connectivity index (χ1v) is 17.4. The number of fused-ring (bicyclic) bond motifs is 2. The average molecular weight is 721 g/mol. The van der Waals surface area contributed by atoms with Crippen molar-refractivity contribution >= 4 is 39.6 Å². The number of cyclic esters (lactones) is 1. The monoisotopic (exact) mass is 719 g/mol. The lowest BCUT2D eigenvalue weighted by Crippen LogP contribution is -2.59. The van der Waals surface area contributed by atoms with Crippen LogP contribution in [0.2, 0.25) is 0 Å². The second-order valence-electron chi connectivity index (χ2n) is 13.3. The molecule has 0 unspecified atom stereocenters. The number of carbonyl (C=O) groups is 4. The van der Waals surface area contributed by atoms with Crippen LogP contribution in [0.15, 0.2) is 83.4 Å². The first kappa shape index (κ1) is 34.1. The number of nitrogens with one attached hydrogen (secondary N) is 1. The first-order valence-electron chi connectivity index (χ1n) is 16.6. The van der Waals surface area contributed by atoms with Crippen molar-refractivity contribution < 1.29 is 33.8 Å². The predicted octanol–water partition coefficient (Wildman–Crippen LogP) is 3.84. The number of aliphatic hydroxyl groups is 1. The molecule has 5 bridgehead atoms. The number of carbonyl (C=O) groups excluding carboxylic acids is 4. The Labute approximate surface area is 289 Å². The standard InChI is InChI=1S/C37H42BrN3O7/c1-22(2)40-18-12-6-11-17-28(43)39-23(3)31(25-15-9-5-10-16-25)47-36(46)29-30-34(44)41(26(21-42)19-24-13-7-4-8-14-24)33(35(40)45)37(30)20-27(38)32(29)48-37/h4-10,12-16,20,22-23,26,29-33,42H,11,17-19,21H2,1-3H3,(H,39,43)/b12-6-/t23-,26-,29+,30-,31+,32+,33+,37-/m1/s1. The Morgan fingerprint density at radius 1 is 0.979 bits per heavy atom. The number of amides is 3. The van der Waals surface area contributed by atoms with Crippen LogP contribution in [-0.4, -0.2) is 87.6 Å². The van der Waals surface area contributed by atoms with Gasteiger partial charge in [-0.25, -0.2) is 0 Å². The smallest absolute Gasteiger partial charge is 0.313 e. The second-order valence-corrected chi connectivity index (χ2v) is 14.2. The number of allylic oxidation sites excluding steroid dienone is 1. The summed E-state index contributed by atoms with van der Waals surface area (Å²) in [6, 6.07) is 15.9. The molecule has 0 aromatic heterocycles. The second kappa shape index (κ2) is 14.0. The highest BCUT2D eigenvalue weighted by atomic mass is 79.9. The Kier molecular flexibility index (Phi) is 9.92. The van der Waals surface area contributed by atoms with Crippen LogP contribution in [0.5, 0.6) is 0 Å². The maximum absolute atomic E-state index is 14.8. The minimum absolute atomic E-state index is 0.198. The normalized spacial score (nSPS) is 32.2. The van der Waals surface area contributed by atoms with Crippen molar-refractivity contribution in [1.82, 2.24) is 15.1 Å². The van der Waals surface area contributed by atoms with Crippen molar-refractivity contribution in [3.05, 3.63) is 94.5 Å². The largest absolute Gasteiger partial charge is 0.455 e. The Morgan fingerprint density at radius 3 is 2.33 bits per heavy atom. The summed E-state index contributed by atoms with van der Waals surface area (Å²) in [6.07, 6.45) is 4.76. The van der Waals surface area contributed by atoms with Gasteiger partial charge < -0.3 is 29.7 Å². The van der Waals surface area contributed by atoms with E-state index >= 15 is 0 Å². The number of aliphatic hydroxyl groups excluding tert-OH is 1. The zero-order valence-corrected chi connectivity index (χ0v) is 28.9. The summed E-state index contributed by atoms with van der Waals surface area (Å²) in [5.41, 5.74) is 0.106. The summed E-state index contributed by atoms with van der Waals surface area (Å²) in [5.74, 6) is -3.80. The summed E-state index contributed by atoms with van der Waals surface area (Å²) in [5, 5.41) is 13.8. The summed E-state index contributed by atoms with van der Waals surface area (Å²) < 4.78 is 13.4. The lowest BCUT2D eigenvalue weighted by atomic mass is 9.74. The van der Waals surface area contributed by atoms with E-state index in [0.29, 0.717) is 22.9 Å². The number of rotatable bonds is 6. The maximum Gasteiger partial charge on any atom is 0.313 e. The molecular formula is C37H42BrN3O7. The van der Waals surface area contributed by atoms with Crippen LogP contribution in [0, 0.1) is 11.8 Å². The van der Waals surface area contributed by atoms with E-state index < -0.39 is 66.3 Å². The van der Waals surface area contributed by atoms with Gasteiger partial charge in [-0.15, -0.1) is 0 Å².